The van der Waals surface area contributed by atoms with Gasteiger partial charge in [-0.1, -0.05) is 20.8 Å². The fraction of sp³-hybridized carbons (Fsp3) is 0.562. The average Bonchev–Trinajstić information content (AvgIpc) is 2.36. The molecule has 1 aromatic heterocycles. The molecule has 0 radical (unpaired) electrons. The molecule has 1 heterocycles. The Morgan fingerprint density at radius 3 is 2.81 bits per heavy atom. The van der Waals surface area contributed by atoms with E-state index in [2.05, 4.69) is 36.4 Å². The molecule has 1 aliphatic rings. The van der Waals surface area contributed by atoms with Gasteiger partial charge in [0.25, 0.3) is 5.91 Å². The van der Waals surface area contributed by atoms with Crippen LogP contribution in [-0.4, -0.2) is 22.0 Å². The Morgan fingerprint density at radius 2 is 2.19 bits per heavy atom. The van der Waals surface area contributed by atoms with Crippen LogP contribution in [-0.2, 0) is 0 Å². The van der Waals surface area contributed by atoms with E-state index in [-0.39, 0.29) is 5.91 Å². The Labute approximate surface area is 131 Å². The van der Waals surface area contributed by atoms with E-state index in [4.69, 9.17) is 12.2 Å². The van der Waals surface area contributed by atoms with E-state index >= 15 is 0 Å². The van der Waals surface area contributed by atoms with Gasteiger partial charge in [0.1, 0.15) is 0 Å². The van der Waals surface area contributed by atoms with Crippen LogP contribution in [0.1, 0.15) is 50.4 Å². The molecular formula is C16H23N3OS. The summed E-state index contributed by atoms with van der Waals surface area (Å²) in [5.41, 5.74) is 0.831. The highest BCUT2D eigenvalue weighted by atomic mass is 32.1. The molecule has 0 saturated heterocycles. The number of carbonyl (C=O) groups excluding carboxylic acids is 1. The molecule has 1 fully saturated rings. The van der Waals surface area contributed by atoms with E-state index in [0.29, 0.717) is 28.1 Å². The van der Waals surface area contributed by atoms with Crippen LogP contribution in [0.5, 0.6) is 0 Å². The van der Waals surface area contributed by atoms with Crippen molar-refractivity contribution in [2.45, 2.75) is 46.1 Å². The highest BCUT2D eigenvalue weighted by Gasteiger charge is 2.32. The Kier molecular flexibility index (Phi) is 4.93. The molecule has 0 unspecified atom stereocenters. The maximum Gasteiger partial charge on any atom is 0.258 e. The number of thiocarbonyl (C=S) groups is 1. The van der Waals surface area contributed by atoms with E-state index in [9.17, 15) is 4.79 Å². The second-order valence-corrected chi connectivity index (χ2v) is 7.19. The number of nitrogens with zero attached hydrogens (tertiary/aromatic N) is 1. The van der Waals surface area contributed by atoms with Crippen LogP contribution in [0.4, 0.5) is 0 Å². The number of amides is 1. The second-order valence-electron chi connectivity index (χ2n) is 6.78. The summed E-state index contributed by atoms with van der Waals surface area (Å²) in [5, 5.41) is 6.41. The van der Waals surface area contributed by atoms with Crippen LogP contribution in [0, 0.1) is 11.3 Å². The minimum Gasteiger partial charge on any atom is -0.360 e. The lowest BCUT2D eigenvalue weighted by atomic mass is 9.71. The molecule has 4 nitrogen and oxygen atoms in total. The summed E-state index contributed by atoms with van der Waals surface area (Å²) in [6, 6.07) is 3.78. The Balaban J connectivity index is 1.88. The number of aromatic nitrogens is 1. The maximum absolute atomic E-state index is 12.0. The number of hydrogen-bond acceptors (Lipinski definition) is 3. The Hall–Kier alpha value is -1.49. The molecule has 1 aromatic rings. The standard InChI is InChI=1S/C16H23N3OS/c1-11-7-13(9-16(2,3)8-11)18-15(21)19-14(20)12-5-4-6-17-10-12/h4-6,10-11,13H,7-9H2,1-3H3,(H2,18,19,20,21)/t11-,13-/m0/s1. The number of pyridine rings is 1. The van der Waals surface area contributed by atoms with E-state index < -0.39 is 0 Å². The van der Waals surface area contributed by atoms with E-state index in [1.807, 2.05) is 0 Å². The molecule has 0 spiro atoms. The van der Waals surface area contributed by atoms with Gasteiger partial charge in [0.05, 0.1) is 5.56 Å². The maximum atomic E-state index is 12.0. The molecule has 2 rings (SSSR count). The van der Waals surface area contributed by atoms with Crippen molar-refractivity contribution in [1.29, 1.82) is 0 Å². The van der Waals surface area contributed by atoms with Gasteiger partial charge in [-0.2, -0.15) is 0 Å². The summed E-state index contributed by atoms with van der Waals surface area (Å²) >= 11 is 5.26. The van der Waals surface area contributed by atoms with Crippen molar-refractivity contribution in [3.63, 3.8) is 0 Å². The summed E-state index contributed by atoms with van der Waals surface area (Å²) < 4.78 is 0. The van der Waals surface area contributed by atoms with E-state index in [1.165, 1.54) is 12.6 Å². The summed E-state index contributed by atoms with van der Waals surface area (Å²) in [5.74, 6) is 0.451. The first-order chi connectivity index (χ1) is 9.85. The van der Waals surface area contributed by atoms with Crippen molar-refractivity contribution in [3.05, 3.63) is 30.1 Å². The number of hydrogen-bond donors (Lipinski definition) is 2. The van der Waals surface area contributed by atoms with Gasteiger partial charge in [0.15, 0.2) is 5.11 Å². The lowest BCUT2D eigenvalue weighted by Gasteiger charge is -2.39. The van der Waals surface area contributed by atoms with Gasteiger partial charge < -0.3 is 5.32 Å². The molecule has 114 valence electrons. The lowest BCUT2D eigenvalue weighted by Crippen LogP contribution is -2.48. The molecule has 1 aliphatic carbocycles. The monoisotopic (exact) mass is 305 g/mol. The molecule has 1 saturated carbocycles. The predicted molar refractivity (Wildman–Crippen MR) is 88.0 cm³/mol. The molecule has 5 heteroatoms. The molecule has 0 aliphatic heterocycles. The molecule has 2 atom stereocenters. The fourth-order valence-electron chi connectivity index (χ4n) is 3.35. The van der Waals surface area contributed by atoms with Crippen LogP contribution >= 0.6 is 12.2 Å². The first-order valence-electron chi connectivity index (χ1n) is 7.37. The van der Waals surface area contributed by atoms with E-state index in [1.54, 1.807) is 18.3 Å². The number of rotatable bonds is 2. The summed E-state index contributed by atoms with van der Waals surface area (Å²) in [6.45, 7) is 6.84. The van der Waals surface area contributed by atoms with Gasteiger partial charge in [-0.15, -0.1) is 0 Å². The third-order valence-corrected chi connectivity index (χ3v) is 4.09. The number of carbonyl (C=O) groups is 1. The van der Waals surface area contributed by atoms with Crippen LogP contribution in [0.25, 0.3) is 0 Å². The molecule has 0 aromatic carbocycles. The minimum absolute atomic E-state index is 0.219. The number of nitrogens with one attached hydrogen (secondary N) is 2. The molecule has 0 bridgehead atoms. The lowest BCUT2D eigenvalue weighted by molar-refractivity contribution is 0.0975. The van der Waals surface area contributed by atoms with Crippen LogP contribution in [0.15, 0.2) is 24.5 Å². The summed E-state index contributed by atoms with van der Waals surface area (Å²) in [6.07, 6.45) is 6.56. The largest absolute Gasteiger partial charge is 0.360 e. The predicted octanol–water partition coefficient (Wildman–Crippen LogP) is 2.90. The smallest absolute Gasteiger partial charge is 0.258 e. The van der Waals surface area contributed by atoms with E-state index in [0.717, 1.165) is 12.8 Å². The van der Waals surface area contributed by atoms with Crippen molar-refractivity contribution in [2.24, 2.45) is 11.3 Å². The molecule has 2 N–H and O–H groups in total. The van der Waals surface area contributed by atoms with Crippen molar-refractivity contribution < 1.29 is 4.79 Å². The first kappa shape index (κ1) is 15.9. The zero-order chi connectivity index (χ0) is 15.5. The van der Waals surface area contributed by atoms with Gasteiger partial charge in [-0.25, -0.2) is 0 Å². The Bertz CT molecular complexity index is 516. The van der Waals surface area contributed by atoms with Crippen molar-refractivity contribution in [1.82, 2.24) is 15.6 Å². The average molecular weight is 305 g/mol. The van der Waals surface area contributed by atoms with Gasteiger partial charge in [0.2, 0.25) is 0 Å². The first-order valence-corrected chi connectivity index (χ1v) is 7.78. The quantitative estimate of drug-likeness (QED) is 0.825. The molecule has 1 amide bonds. The zero-order valence-electron chi connectivity index (χ0n) is 12.8. The van der Waals surface area contributed by atoms with Crippen molar-refractivity contribution in [3.8, 4) is 0 Å². The third-order valence-electron chi connectivity index (χ3n) is 3.87. The Morgan fingerprint density at radius 1 is 1.43 bits per heavy atom. The highest BCUT2D eigenvalue weighted by Crippen LogP contribution is 2.38. The summed E-state index contributed by atoms with van der Waals surface area (Å²) in [4.78, 5) is 15.9. The highest BCUT2D eigenvalue weighted by molar-refractivity contribution is 7.80. The summed E-state index contributed by atoms with van der Waals surface area (Å²) in [7, 11) is 0. The van der Waals surface area contributed by atoms with Gasteiger partial charge >= 0.3 is 0 Å². The molecule has 21 heavy (non-hydrogen) atoms. The van der Waals surface area contributed by atoms with Crippen LogP contribution in [0.3, 0.4) is 0 Å². The normalized spacial score (nSPS) is 24.1. The third kappa shape index (κ3) is 4.77. The van der Waals surface area contributed by atoms with Gasteiger partial charge in [-0.05, 0) is 54.9 Å². The van der Waals surface area contributed by atoms with Gasteiger partial charge in [-0.3, -0.25) is 15.1 Å². The fourth-order valence-corrected chi connectivity index (χ4v) is 3.61. The zero-order valence-corrected chi connectivity index (χ0v) is 13.7. The second kappa shape index (κ2) is 6.52. The minimum atomic E-state index is -0.219. The topological polar surface area (TPSA) is 54.0 Å². The van der Waals surface area contributed by atoms with Gasteiger partial charge in [0, 0.05) is 18.4 Å². The van der Waals surface area contributed by atoms with Crippen molar-refractivity contribution >= 4 is 23.2 Å². The van der Waals surface area contributed by atoms with Crippen molar-refractivity contribution in [2.75, 3.05) is 0 Å². The van der Waals surface area contributed by atoms with Crippen LogP contribution in [0.2, 0.25) is 0 Å². The van der Waals surface area contributed by atoms with Crippen LogP contribution < -0.4 is 10.6 Å². The molecular weight excluding hydrogens is 282 g/mol. The SMILES string of the molecule is C[C@H]1C[C@H](NC(=S)NC(=O)c2cccnc2)CC(C)(C)C1.